The van der Waals surface area contributed by atoms with E-state index in [0.29, 0.717) is 5.82 Å². The normalized spacial score (nSPS) is 15.4. The van der Waals surface area contributed by atoms with Crippen LogP contribution >= 0.6 is 0 Å². The van der Waals surface area contributed by atoms with E-state index in [1.807, 2.05) is 24.4 Å². The predicted octanol–water partition coefficient (Wildman–Crippen LogP) is 3.79. The molecule has 0 atom stereocenters. The SMILES string of the molecule is Nc1nc2ccccc2c2cc(C=CC3CC3)cnc12. The largest absolute Gasteiger partial charge is 0.382 e. The van der Waals surface area contributed by atoms with E-state index < -0.39 is 0 Å². The van der Waals surface area contributed by atoms with Gasteiger partial charge < -0.3 is 5.73 Å². The van der Waals surface area contributed by atoms with Crippen LogP contribution in [-0.2, 0) is 0 Å². The van der Waals surface area contributed by atoms with Crippen LogP contribution in [0.1, 0.15) is 18.4 Å². The topological polar surface area (TPSA) is 51.8 Å². The third-order valence-corrected chi connectivity index (χ3v) is 3.77. The van der Waals surface area contributed by atoms with Crippen LogP contribution in [0.4, 0.5) is 5.82 Å². The third-order valence-electron chi connectivity index (χ3n) is 3.77. The molecule has 3 aromatic rings. The molecule has 3 nitrogen and oxygen atoms in total. The highest BCUT2D eigenvalue weighted by Crippen LogP contribution is 2.31. The lowest BCUT2D eigenvalue weighted by molar-refractivity contribution is 1.13. The average Bonchev–Trinajstić information content (AvgIpc) is 3.29. The molecule has 4 rings (SSSR count). The van der Waals surface area contributed by atoms with Gasteiger partial charge in [-0.25, -0.2) is 4.98 Å². The van der Waals surface area contributed by atoms with Gasteiger partial charge in [-0.2, -0.15) is 0 Å². The number of nitrogens with zero attached hydrogens (tertiary/aromatic N) is 2. The monoisotopic (exact) mass is 261 g/mol. The van der Waals surface area contributed by atoms with Crippen molar-refractivity contribution in [1.29, 1.82) is 0 Å². The molecule has 2 N–H and O–H groups in total. The molecule has 1 aliphatic carbocycles. The lowest BCUT2D eigenvalue weighted by Crippen LogP contribution is -1.95. The number of anilines is 1. The summed E-state index contributed by atoms with van der Waals surface area (Å²) in [6, 6.07) is 10.2. The van der Waals surface area contributed by atoms with E-state index in [1.54, 1.807) is 0 Å². The standard InChI is InChI=1S/C17H15N3/c18-17-16-14(13-3-1-2-4-15(13)20-17)9-12(10-19-16)8-7-11-5-6-11/h1-4,7-11H,5-6H2,(H2,18,20). The van der Waals surface area contributed by atoms with Crippen molar-refractivity contribution in [3.05, 3.63) is 48.2 Å². The number of pyridine rings is 2. The summed E-state index contributed by atoms with van der Waals surface area (Å²) in [4.78, 5) is 8.91. The summed E-state index contributed by atoms with van der Waals surface area (Å²) in [6.07, 6.45) is 8.94. The molecule has 1 fully saturated rings. The lowest BCUT2D eigenvalue weighted by Gasteiger charge is -2.06. The predicted molar refractivity (Wildman–Crippen MR) is 83.2 cm³/mol. The number of nitrogen functional groups attached to an aromatic ring is 1. The number of aromatic nitrogens is 2. The van der Waals surface area contributed by atoms with Gasteiger partial charge in [-0.3, -0.25) is 4.98 Å². The van der Waals surface area contributed by atoms with E-state index in [-0.39, 0.29) is 0 Å². The maximum atomic E-state index is 6.01. The van der Waals surface area contributed by atoms with Gasteiger partial charge in [0, 0.05) is 17.0 Å². The zero-order chi connectivity index (χ0) is 13.5. The number of allylic oxidation sites excluding steroid dienone is 1. The summed E-state index contributed by atoms with van der Waals surface area (Å²) in [5, 5.41) is 2.18. The molecule has 0 saturated heterocycles. The van der Waals surface area contributed by atoms with Crippen molar-refractivity contribution in [1.82, 2.24) is 9.97 Å². The molecule has 2 aromatic heterocycles. The molecule has 1 saturated carbocycles. The number of rotatable bonds is 2. The van der Waals surface area contributed by atoms with E-state index in [1.165, 1.54) is 12.8 Å². The van der Waals surface area contributed by atoms with Crippen molar-refractivity contribution in [2.75, 3.05) is 5.73 Å². The minimum atomic E-state index is 0.497. The van der Waals surface area contributed by atoms with Gasteiger partial charge in [0.25, 0.3) is 0 Å². The summed E-state index contributed by atoms with van der Waals surface area (Å²) < 4.78 is 0. The van der Waals surface area contributed by atoms with E-state index in [2.05, 4.69) is 34.3 Å². The number of fused-ring (bicyclic) bond motifs is 3. The summed E-state index contributed by atoms with van der Waals surface area (Å²) >= 11 is 0. The second kappa shape index (κ2) is 4.30. The molecule has 0 spiro atoms. The van der Waals surface area contributed by atoms with Gasteiger partial charge in [-0.05, 0) is 36.5 Å². The second-order valence-corrected chi connectivity index (χ2v) is 5.38. The van der Waals surface area contributed by atoms with E-state index in [0.717, 1.165) is 33.3 Å². The van der Waals surface area contributed by atoms with Gasteiger partial charge in [-0.15, -0.1) is 0 Å². The summed E-state index contributed by atoms with van der Waals surface area (Å²) in [6.45, 7) is 0. The van der Waals surface area contributed by atoms with Crippen LogP contribution in [0, 0.1) is 5.92 Å². The molecule has 3 heteroatoms. The van der Waals surface area contributed by atoms with Crippen molar-refractivity contribution in [3.8, 4) is 0 Å². The quantitative estimate of drug-likeness (QED) is 0.714. The molecule has 0 unspecified atom stereocenters. The molecule has 0 aliphatic heterocycles. The van der Waals surface area contributed by atoms with E-state index >= 15 is 0 Å². The first kappa shape index (κ1) is 11.4. The van der Waals surface area contributed by atoms with Crippen LogP contribution < -0.4 is 5.73 Å². The van der Waals surface area contributed by atoms with Crippen LogP contribution in [0.5, 0.6) is 0 Å². The molecule has 0 radical (unpaired) electrons. The molecule has 0 amide bonds. The van der Waals surface area contributed by atoms with Crippen LogP contribution in [-0.4, -0.2) is 9.97 Å². The third kappa shape index (κ3) is 1.92. The Labute approximate surface area is 117 Å². The van der Waals surface area contributed by atoms with Crippen LogP contribution in [0.15, 0.2) is 42.6 Å². The van der Waals surface area contributed by atoms with Crippen LogP contribution in [0.3, 0.4) is 0 Å². The Morgan fingerprint density at radius 3 is 2.85 bits per heavy atom. The summed E-state index contributed by atoms with van der Waals surface area (Å²) in [5.74, 6) is 1.27. The van der Waals surface area contributed by atoms with Crippen molar-refractivity contribution in [3.63, 3.8) is 0 Å². The Morgan fingerprint density at radius 2 is 2.00 bits per heavy atom. The van der Waals surface area contributed by atoms with Crippen LogP contribution in [0.25, 0.3) is 27.9 Å². The Kier molecular flexibility index (Phi) is 2.46. The van der Waals surface area contributed by atoms with Gasteiger partial charge in [0.05, 0.1) is 5.52 Å². The molecule has 1 aliphatic rings. The van der Waals surface area contributed by atoms with Crippen molar-refractivity contribution in [2.45, 2.75) is 12.8 Å². The van der Waals surface area contributed by atoms with E-state index in [9.17, 15) is 0 Å². The van der Waals surface area contributed by atoms with Gasteiger partial charge in [0.15, 0.2) is 5.82 Å². The second-order valence-electron chi connectivity index (χ2n) is 5.38. The van der Waals surface area contributed by atoms with Gasteiger partial charge in [0.2, 0.25) is 0 Å². The highest BCUT2D eigenvalue weighted by Gasteiger charge is 2.17. The van der Waals surface area contributed by atoms with E-state index in [4.69, 9.17) is 5.73 Å². The zero-order valence-corrected chi connectivity index (χ0v) is 11.1. The number of benzene rings is 1. The first-order chi connectivity index (χ1) is 9.81. The Hall–Kier alpha value is -2.42. The van der Waals surface area contributed by atoms with Gasteiger partial charge in [0.1, 0.15) is 5.52 Å². The smallest absolute Gasteiger partial charge is 0.150 e. The maximum absolute atomic E-state index is 6.01. The fourth-order valence-corrected chi connectivity index (χ4v) is 2.50. The first-order valence-electron chi connectivity index (χ1n) is 6.93. The molecule has 20 heavy (non-hydrogen) atoms. The molecule has 98 valence electrons. The van der Waals surface area contributed by atoms with Crippen LogP contribution in [0.2, 0.25) is 0 Å². The van der Waals surface area contributed by atoms with Gasteiger partial charge >= 0.3 is 0 Å². The van der Waals surface area contributed by atoms with Gasteiger partial charge in [-0.1, -0.05) is 30.4 Å². The molecule has 0 bridgehead atoms. The van der Waals surface area contributed by atoms with Crippen molar-refractivity contribution < 1.29 is 0 Å². The number of para-hydroxylation sites is 1. The lowest BCUT2D eigenvalue weighted by atomic mass is 10.1. The van der Waals surface area contributed by atoms with Crippen molar-refractivity contribution >= 4 is 33.7 Å². The first-order valence-corrected chi connectivity index (χ1v) is 6.93. The highest BCUT2D eigenvalue weighted by molar-refractivity contribution is 6.08. The summed E-state index contributed by atoms with van der Waals surface area (Å²) in [5.41, 5.74) is 8.84. The Bertz CT molecular complexity index is 832. The number of nitrogens with two attached hydrogens (primary N) is 1. The maximum Gasteiger partial charge on any atom is 0.150 e. The Morgan fingerprint density at radius 1 is 1.15 bits per heavy atom. The number of hydrogen-bond acceptors (Lipinski definition) is 3. The highest BCUT2D eigenvalue weighted by atomic mass is 14.9. The fourth-order valence-electron chi connectivity index (χ4n) is 2.50. The minimum absolute atomic E-state index is 0.497. The fraction of sp³-hybridized carbons (Fsp3) is 0.176. The molecule has 1 aromatic carbocycles. The summed E-state index contributed by atoms with van der Waals surface area (Å²) in [7, 11) is 0. The van der Waals surface area contributed by atoms with Crippen molar-refractivity contribution in [2.24, 2.45) is 5.92 Å². The minimum Gasteiger partial charge on any atom is -0.382 e. The molecular formula is C17H15N3. The number of hydrogen-bond donors (Lipinski definition) is 1. The molecular weight excluding hydrogens is 246 g/mol. The molecule has 2 heterocycles. The average molecular weight is 261 g/mol. The zero-order valence-electron chi connectivity index (χ0n) is 11.1. The Balaban J connectivity index is 1.96.